The number of hydrogen-bond donors (Lipinski definition) is 0. The molecule has 4 aromatic carbocycles. The minimum Gasteiger partial charge on any atom is -0.443 e. The van der Waals surface area contributed by atoms with Crippen molar-refractivity contribution < 1.29 is 8.83 Å². The van der Waals surface area contributed by atoms with E-state index in [1.807, 2.05) is 66.7 Å². The number of hydrogen-bond acceptors (Lipinski definition) is 4. The van der Waals surface area contributed by atoms with Gasteiger partial charge in [0.2, 0.25) is 5.89 Å². The van der Waals surface area contributed by atoms with Gasteiger partial charge in [0.15, 0.2) is 17.6 Å². The number of fused-ring (bicyclic) bond motifs is 2. The predicted octanol–water partition coefficient (Wildman–Crippen LogP) is 7.80. The molecular weight excluding hydrogens is 408 g/mol. The average Bonchev–Trinajstić information content (AvgIpc) is 3.51. The lowest BCUT2D eigenvalue weighted by Gasteiger charge is -2.03. The van der Waals surface area contributed by atoms with Gasteiger partial charge < -0.3 is 8.83 Å². The third-order valence-electron chi connectivity index (χ3n) is 5.30. The molecule has 0 fully saturated rings. The highest BCUT2D eigenvalue weighted by atomic mass is 16.3. The van der Waals surface area contributed by atoms with Crippen molar-refractivity contribution in [2.45, 2.75) is 6.92 Å². The van der Waals surface area contributed by atoms with Crippen molar-refractivity contribution in [3.8, 4) is 11.5 Å². The van der Waals surface area contributed by atoms with E-state index >= 15 is 0 Å². The Labute approximate surface area is 191 Å². The van der Waals surface area contributed by atoms with Crippen LogP contribution in [-0.2, 0) is 0 Å². The Kier molecular flexibility index (Phi) is 5.81. The van der Waals surface area contributed by atoms with Gasteiger partial charge in [-0.3, -0.25) is 0 Å². The van der Waals surface area contributed by atoms with Gasteiger partial charge in [0.25, 0.3) is 0 Å². The molecule has 0 saturated carbocycles. The van der Waals surface area contributed by atoms with Gasteiger partial charge in [-0.1, -0.05) is 72.8 Å². The van der Waals surface area contributed by atoms with Crippen LogP contribution in [0, 0.1) is 6.92 Å². The molecule has 0 bridgehead atoms. The molecular formula is C29H22N2O2. The fourth-order valence-electron chi connectivity index (χ4n) is 3.54. The zero-order chi connectivity index (χ0) is 22.5. The van der Waals surface area contributed by atoms with Crippen molar-refractivity contribution in [3.63, 3.8) is 0 Å². The fourth-order valence-corrected chi connectivity index (χ4v) is 3.54. The number of rotatable bonds is 3. The minimum absolute atomic E-state index is 0.665. The number of aryl methyl sites for hydroxylation is 1. The monoisotopic (exact) mass is 430 g/mol. The van der Waals surface area contributed by atoms with Crippen LogP contribution in [0.5, 0.6) is 0 Å². The average molecular weight is 431 g/mol. The van der Waals surface area contributed by atoms with Crippen LogP contribution < -0.4 is 0 Å². The summed E-state index contributed by atoms with van der Waals surface area (Å²) < 4.78 is 10.9. The maximum atomic E-state index is 5.85. The molecule has 0 N–H and O–H groups in total. The van der Waals surface area contributed by atoms with Crippen LogP contribution in [0.3, 0.4) is 0 Å². The molecule has 2 heterocycles. The molecule has 0 radical (unpaired) electrons. The molecule has 0 amide bonds. The lowest BCUT2D eigenvalue weighted by Crippen LogP contribution is -1.84. The van der Waals surface area contributed by atoms with E-state index in [2.05, 4.69) is 59.4 Å². The zero-order valence-electron chi connectivity index (χ0n) is 18.2. The Morgan fingerprint density at radius 2 is 1.42 bits per heavy atom. The van der Waals surface area contributed by atoms with E-state index in [1.165, 1.54) is 23.1 Å². The first-order valence-electron chi connectivity index (χ1n) is 10.7. The Bertz CT molecular complexity index is 1460. The lowest BCUT2D eigenvalue weighted by atomic mass is 10.0. The molecule has 0 spiro atoms. The van der Waals surface area contributed by atoms with Gasteiger partial charge in [-0.25, -0.2) is 9.97 Å². The molecule has 0 unspecified atom stereocenters. The van der Waals surface area contributed by atoms with Crippen LogP contribution in [-0.4, -0.2) is 9.97 Å². The maximum absolute atomic E-state index is 5.85. The number of benzene rings is 4. The van der Waals surface area contributed by atoms with Crippen molar-refractivity contribution in [2.24, 2.45) is 0 Å². The Hall–Kier alpha value is -4.44. The van der Waals surface area contributed by atoms with Gasteiger partial charge in [0.05, 0.1) is 0 Å². The zero-order valence-corrected chi connectivity index (χ0v) is 18.2. The van der Waals surface area contributed by atoms with E-state index in [0.717, 1.165) is 27.8 Å². The summed E-state index contributed by atoms with van der Waals surface area (Å²) in [5.74, 6) is 0.665. The van der Waals surface area contributed by atoms with E-state index in [9.17, 15) is 0 Å². The molecule has 0 aliphatic rings. The molecule has 6 rings (SSSR count). The molecule has 0 aliphatic carbocycles. The Balaban J connectivity index is 0.000000211. The SMILES string of the molecule is Cc1cc(-c2nc3ccccc3o2)ccc1C=Cc1ccccc1.c1ccc2ocnc2c1. The van der Waals surface area contributed by atoms with Crippen LogP contribution in [0.15, 0.2) is 112 Å². The third-order valence-corrected chi connectivity index (χ3v) is 5.30. The molecule has 33 heavy (non-hydrogen) atoms. The fraction of sp³-hybridized carbons (Fsp3) is 0.0345. The highest BCUT2D eigenvalue weighted by molar-refractivity contribution is 5.77. The molecule has 4 nitrogen and oxygen atoms in total. The maximum Gasteiger partial charge on any atom is 0.227 e. The molecule has 2 aromatic heterocycles. The molecule has 6 aromatic rings. The summed E-state index contributed by atoms with van der Waals surface area (Å²) in [6, 6.07) is 32.1. The first-order valence-corrected chi connectivity index (χ1v) is 10.7. The van der Waals surface area contributed by atoms with Crippen molar-refractivity contribution in [1.82, 2.24) is 9.97 Å². The summed E-state index contributed by atoms with van der Waals surface area (Å²) >= 11 is 0. The number of para-hydroxylation sites is 4. The summed E-state index contributed by atoms with van der Waals surface area (Å²) in [6.07, 6.45) is 5.71. The van der Waals surface area contributed by atoms with Gasteiger partial charge in [-0.2, -0.15) is 0 Å². The Morgan fingerprint density at radius 1 is 0.697 bits per heavy atom. The van der Waals surface area contributed by atoms with Crippen LogP contribution in [0.1, 0.15) is 16.7 Å². The summed E-state index contributed by atoms with van der Waals surface area (Å²) in [6.45, 7) is 2.11. The van der Waals surface area contributed by atoms with E-state index in [1.54, 1.807) is 0 Å². The largest absolute Gasteiger partial charge is 0.443 e. The van der Waals surface area contributed by atoms with Gasteiger partial charge >= 0.3 is 0 Å². The smallest absolute Gasteiger partial charge is 0.227 e. The normalized spacial score (nSPS) is 11.1. The molecule has 4 heteroatoms. The highest BCUT2D eigenvalue weighted by Crippen LogP contribution is 2.26. The summed E-state index contributed by atoms with van der Waals surface area (Å²) in [5.41, 5.74) is 8.05. The van der Waals surface area contributed by atoms with Crippen LogP contribution in [0.4, 0.5) is 0 Å². The molecule has 0 aliphatic heterocycles. The van der Waals surface area contributed by atoms with Gasteiger partial charge in [0, 0.05) is 5.56 Å². The second kappa shape index (κ2) is 9.37. The van der Waals surface area contributed by atoms with Gasteiger partial charge in [0.1, 0.15) is 11.0 Å². The van der Waals surface area contributed by atoms with Crippen molar-refractivity contribution in [1.29, 1.82) is 0 Å². The minimum atomic E-state index is 0.665. The first-order chi connectivity index (χ1) is 16.3. The van der Waals surface area contributed by atoms with Gasteiger partial charge in [-0.15, -0.1) is 0 Å². The number of oxazole rings is 2. The third kappa shape index (κ3) is 4.75. The summed E-state index contributed by atoms with van der Waals surface area (Å²) in [7, 11) is 0. The molecule has 160 valence electrons. The van der Waals surface area contributed by atoms with E-state index < -0.39 is 0 Å². The number of nitrogens with zero attached hydrogens (tertiary/aromatic N) is 2. The van der Waals surface area contributed by atoms with Crippen LogP contribution in [0.2, 0.25) is 0 Å². The second-order valence-electron chi connectivity index (χ2n) is 7.62. The Morgan fingerprint density at radius 3 is 2.18 bits per heavy atom. The van der Waals surface area contributed by atoms with Gasteiger partial charge in [-0.05, 0) is 60.0 Å². The van der Waals surface area contributed by atoms with Crippen molar-refractivity contribution >= 4 is 34.4 Å². The van der Waals surface area contributed by atoms with Crippen molar-refractivity contribution in [2.75, 3.05) is 0 Å². The summed E-state index contributed by atoms with van der Waals surface area (Å²) in [5, 5.41) is 0. The topological polar surface area (TPSA) is 52.1 Å². The molecule has 0 saturated heterocycles. The summed E-state index contributed by atoms with van der Waals surface area (Å²) in [4.78, 5) is 8.51. The van der Waals surface area contributed by atoms with E-state index in [-0.39, 0.29) is 0 Å². The predicted molar refractivity (Wildman–Crippen MR) is 134 cm³/mol. The van der Waals surface area contributed by atoms with E-state index in [4.69, 9.17) is 8.83 Å². The lowest BCUT2D eigenvalue weighted by molar-refractivity contribution is 0.602. The van der Waals surface area contributed by atoms with E-state index in [0.29, 0.717) is 5.89 Å². The quantitative estimate of drug-likeness (QED) is 0.269. The number of aromatic nitrogens is 2. The van der Waals surface area contributed by atoms with Crippen LogP contribution in [0.25, 0.3) is 45.8 Å². The van der Waals surface area contributed by atoms with Crippen molar-refractivity contribution in [3.05, 3.63) is 120 Å². The highest BCUT2D eigenvalue weighted by Gasteiger charge is 2.08. The standard InChI is InChI=1S/C22H17NO.C7H5NO/c1-16-15-19(22-23-20-9-5-6-10-21(20)24-22)14-13-18(16)12-11-17-7-3-2-4-8-17;1-2-4-7-6(3-1)8-5-9-7/h2-15H,1H3;1-5H. The van der Waals surface area contributed by atoms with Crippen LogP contribution >= 0.6 is 0 Å². The second-order valence-corrected chi connectivity index (χ2v) is 7.62. The molecule has 0 atom stereocenters. The first kappa shape index (κ1) is 20.5.